The van der Waals surface area contributed by atoms with Gasteiger partial charge in [-0.3, -0.25) is 0 Å². The first-order valence-corrected chi connectivity index (χ1v) is 5.79. The van der Waals surface area contributed by atoms with Crippen LogP contribution in [-0.2, 0) is 6.42 Å². The van der Waals surface area contributed by atoms with Gasteiger partial charge in [-0.05, 0) is 12.1 Å². The van der Waals surface area contributed by atoms with E-state index in [0.717, 1.165) is 22.9 Å². The topological polar surface area (TPSA) is 69.4 Å². The van der Waals surface area contributed by atoms with Gasteiger partial charge in [0.15, 0.2) is 11.5 Å². The zero-order chi connectivity index (χ0) is 12.4. The van der Waals surface area contributed by atoms with Crippen LogP contribution in [0.2, 0.25) is 0 Å². The van der Waals surface area contributed by atoms with Gasteiger partial charge in [-0.1, -0.05) is 5.21 Å². The lowest BCUT2D eigenvalue weighted by atomic mass is 10.2. The molecule has 0 saturated carbocycles. The minimum Gasteiger partial charge on any atom is -0.486 e. The number of aliphatic hydroxyl groups excluding tert-OH is 1. The van der Waals surface area contributed by atoms with Crippen molar-refractivity contribution in [1.82, 2.24) is 15.0 Å². The molecule has 6 nitrogen and oxygen atoms in total. The molecule has 1 N–H and O–H groups in total. The maximum absolute atomic E-state index is 8.84. The lowest BCUT2D eigenvalue weighted by molar-refractivity contribution is 0.171. The van der Waals surface area contributed by atoms with E-state index in [9.17, 15) is 0 Å². The molecule has 1 aromatic heterocycles. The molecule has 0 amide bonds. The minimum absolute atomic E-state index is 0.0693. The SMILES string of the molecule is OCCc1cn(-c2ccc3c(c2)OCCO3)nn1. The van der Waals surface area contributed by atoms with Gasteiger partial charge in [-0.2, -0.15) is 0 Å². The van der Waals surface area contributed by atoms with Gasteiger partial charge in [0.2, 0.25) is 0 Å². The summed E-state index contributed by atoms with van der Waals surface area (Å²) in [6.45, 7) is 1.21. The number of nitrogens with zero attached hydrogens (tertiary/aromatic N) is 3. The van der Waals surface area contributed by atoms with E-state index in [-0.39, 0.29) is 6.61 Å². The van der Waals surface area contributed by atoms with Crippen molar-refractivity contribution in [3.8, 4) is 17.2 Å². The van der Waals surface area contributed by atoms with Gasteiger partial charge >= 0.3 is 0 Å². The highest BCUT2D eigenvalue weighted by atomic mass is 16.6. The van der Waals surface area contributed by atoms with Crippen molar-refractivity contribution in [1.29, 1.82) is 0 Å². The molecule has 0 radical (unpaired) electrons. The molecular formula is C12H13N3O3. The Labute approximate surface area is 104 Å². The summed E-state index contributed by atoms with van der Waals surface area (Å²) < 4.78 is 12.6. The van der Waals surface area contributed by atoms with E-state index >= 15 is 0 Å². The molecule has 1 aliphatic heterocycles. The summed E-state index contributed by atoms with van der Waals surface area (Å²) >= 11 is 0. The summed E-state index contributed by atoms with van der Waals surface area (Å²) in [5.41, 5.74) is 1.61. The van der Waals surface area contributed by atoms with E-state index in [4.69, 9.17) is 14.6 Å². The molecule has 0 bridgehead atoms. The van der Waals surface area contributed by atoms with E-state index < -0.39 is 0 Å². The van der Waals surface area contributed by atoms with E-state index in [1.807, 2.05) is 18.2 Å². The predicted molar refractivity (Wildman–Crippen MR) is 63.1 cm³/mol. The Morgan fingerprint density at radius 2 is 2.06 bits per heavy atom. The third-order valence-electron chi connectivity index (χ3n) is 2.70. The highest BCUT2D eigenvalue weighted by Crippen LogP contribution is 2.31. The maximum Gasteiger partial charge on any atom is 0.163 e. The Morgan fingerprint density at radius 3 is 2.89 bits per heavy atom. The standard InChI is InChI=1S/C12H13N3O3/c16-4-3-9-8-15(14-13-9)10-1-2-11-12(7-10)18-6-5-17-11/h1-2,7-8,16H,3-6H2. The molecule has 6 heteroatoms. The fourth-order valence-electron chi connectivity index (χ4n) is 1.83. The lowest BCUT2D eigenvalue weighted by Crippen LogP contribution is -2.15. The normalized spacial score (nSPS) is 13.6. The van der Waals surface area contributed by atoms with Crippen LogP contribution in [0.4, 0.5) is 0 Å². The second-order valence-electron chi connectivity index (χ2n) is 3.96. The number of ether oxygens (including phenoxy) is 2. The molecule has 0 unspecified atom stereocenters. The van der Waals surface area contributed by atoms with Gasteiger partial charge in [-0.15, -0.1) is 5.10 Å². The molecule has 3 rings (SSSR count). The Balaban J connectivity index is 1.91. The largest absolute Gasteiger partial charge is 0.486 e. The number of benzene rings is 1. The number of fused-ring (bicyclic) bond motifs is 1. The summed E-state index contributed by atoms with van der Waals surface area (Å²) in [5.74, 6) is 1.47. The zero-order valence-electron chi connectivity index (χ0n) is 9.74. The maximum atomic E-state index is 8.84. The fraction of sp³-hybridized carbons (Fsp3) is 0.333. The number of aromatic nitrogens is 3. The highest BCUT2D eigenvalue weighted by molar-refractivity contribution is 5.49. The molecular weight excluding hydrogens is 234 g/mol. The smallest absolute Gasteiger partial charge is 0.163 e. The van der Waals surface area contributed by atoms with E-state index in [2.05, 4.69) is 10.3 Å². The summed E-state index contributed by atoms with van der Waals surface area (Å²) in [5, 5.41) is 16.8. The van der Waals surface area contributed by atoms with E-state index in [1.54, 1.807) is 10.9 Å². The molecule has 1 aromatic carbocycles. The monoisotopic (exact) mass is 247 g/mol. The van der Waals surface area contributed by atoms with E-state index in [1.165, 1.54) is 0 Å². The number of aliphatic hydroxyl groups is 1. The molecule has 0 atom stereocenters. The average molecular weight is 247 g/mol. The van der Waals surface area contributed by atoms with Gasteiger partial charge in [-0.25, -0.2) is 4.68 Å². The third kappa shape index (κ3) is 2.02. The van der Waals surface area contributed by atoms with Crippen LogP contribution in [0.15, 0.2) is 24.4 Å². The Kier molecular flexibility index (Phi) is 2.85. The summed E-state index contributed by atoms with van der Waals surface area (Å²) in [6, 6.07) is 5.62. The second kappa shape index (κ2) is 4.66. The molecule has 2 aromatic rings. The first kappa shape index (κ1) is 11.0. The van der Waals surface area contributed by atoms with E-state index in [0.29, 0.717) is 19.6 Å². The molecule has 18 heavy (non-hydrogen) atoms. The summed E-state index contributed by atoms with van der Waals surface area (Å²) in [7, 11) is 0. The van der Waals surface area contributed by atoms with Crippen molar-refractivity contribution < 1.29 is 14.6 Å². The van der Waals surface area contributed by atoms with Gasteiger partial charge in [0.25, 0.3) is 0 Å². The molecule has 1 aliphatic rings. The Hall–Kier alpha value is -2.08. The van der Waals surface area contributed by atoms with Crippen LogP contribution in [0.3, 0.4) is 0 Å². The minimum atomic E-state index is 0.0693. The second-order valence-corrected chi connectivity index (χ2v) is 3.96. The van der Waals surface area contributed by atoms with Crippen LogP contribution < -0.4 is 9.47 Å². The van der Waals surface area contributed by atoms with Gasteiger partial charge < -0.3 is 14.6 Å². The number of hydrogen-bond acceptors (Lipinski definition) is 5. The fourth-order valence-corrected chi connectivity index (χ4v) is 1.83. The number of hydrogen-bond donors (Lipinski definition) is 1. The van der Waals surface area contributed by atoms with Crippen molar-refractivity contribution >= 4 is 0 Å². The molecule has 0 saturated heterocycles. The first-order chi connectivity index (χ1) is 8.86. The Bertz CT molecular complexity index is 553. The summed E-state index contributed by atoms with van der Waals surface area (Å²) in [6.07, 6.45) is 2.30. The van der Waals surface area contributed by atoms with Crippen LogP contribution in [0.25, 0.3) is 5.69 Å². The van der Waals surface area contributed by atoms with Crippen molar-refractivity contribution in [2.24, 2.45) is 0 Å². The van der Waals surface area contributed by atoms with Crippen LogP contribution in [0, 0.1) is 0 Å². The van der Waals surface area contributed by atoms with Gasteiger partial charge in [0.05, 0.1) is 17.6 Å². The van der Waals surface area contributed by atoms with Crippen molar-refractivity contribution in [2.45, 2.75) is 6.42 Å². The lowest BCUT2D eigenvalue weighted by Gasteiger charge is -2.18. The molecule has 2 heterocycles. The van der Waals surface area contributed by atoms with Crippen LogP contribution in [0.1, 0.15) is 5.69 Å². The Morgan fingerprint density at radius 1 is 1.22 bits per heavy atom. The first-order valence-electron chi connectivity index (χ1n) is 5.79. The predicted octanol–water partition coefficient (Wildman–Crippen LogP) is 0.573. The third-order valence-corrected chi connectivity index (χ3v) is 2.70. The van der Waals surface area contributed by atoms with Crippen LogP contribution >= 0.6 is 0 Å². The van der Waals surface area contributed by atoms with Crippen molar-refractivity contribution in [2.75, 3.05) is 19.8 Å². The van der Waals surface area contributed by atoms with Gasteiger partial charge in [0.1, 0.15) is 13.2 Å². The zero-order valence-corrected chi connectivity index (χ0v) is 9.74. The number of rotatable bonds is 3. The van der Waals surface area contributed by atoms with Crippen LogP contribution in [0.5, 0.6) is 11.5 Å². The summed E-state index contributed by atoms with van der Waals surface area (Å²) in [4.78, 5) is 0. The van der Waals surface area contributed by atoms with Gasteiger partial charge in [0, 0.05) is 19.1 Å². The molecule has 0 spiro atoms. The van der Waals surface area contributed by atoms with Crippen LogP contribution in [-0.4, -0.2) is 39.9 Å². The van der Waals surface area contributed by atoms with Crippen molar-refractivity contribution in [3.63, 3.8) is 0 Å². The van der Waals surface area contributed by atoms with Crippen molar-refractivity contribution in [3.05, 3.63) is 30.1 Å². The molecule has 0 aliphatic carbocycles. The quantitative estimate of drug-likeness (QED) is 0.858. The molecule has 94 valence electrons. The highest BCUT2D eigenvalue weighted by Gasteiger charge is 2.13. The average Bonchev–Trinajstić information content (AvgIpc) is 2.87. The molecule has 0 fully saturated rings.